The first-order chi connectivity index (χ1) is 13.8. The Kier molecular flexibility index (Phi) is 6.33. The summed E-state index contributed by atoms with van der Waals surface area (Å²) in [6.45, 7) is 3.06. The molecule has 2 aromatic rings. The SMILES string of the molecule is Cc1ccc([N+](=O)[O-])cc1NC(=O)CNc1cc(Cl)ccc1C(=O)N1CCCC1. The number of nitrogens with one attached hydrogen (secondary N) is 2. The molecule has 2 N–H and O–H groups in total. The number of nitrogens with zero attached hydrogens (tertiary/aromatic N) is 2. The molecule has 2 aromatic carbocycles. The van der Waals surface area contributed by atoms with Gasteiger partial charge in [-0.25, -0.2) is 0 Å². The van der Waals surface area contributed by atoms with Crippen molar-refractivity contribution in [1.29, 1.82) is 0 Å². The largest absolute Gasteiger partial charge is 0.375 e. The van der Waals surface area contributed by atoms with E-state index in [0.717, 1.165) is 12.8 Å². The first-order valence-electron chi connectivity index (χ1n) is 9.23. The number of hydrogen-bond acceptors (Lipinski definition) is 5. The van der Waals surface area contributed by atoms with Gasteiger partial charge in [-0.2, -0.15) is 0 Å². The van der Waals surface area contributed by atoms with Crippen LogP contribution in [0.3, 0.4) is 0 Å². The molecular weight excluding hydrogens is 396 g/mol. The zero-order valence-electron chi connectivity index (χ0n) is 15.9. The standard InChI is InChI=1S/C20H21ClN4O4/c1-13-4-6-15(25(28)29)11-17(13)23-19(26)12-22-18-10-14(21)5-7-16(18)20(27)24-8-2-3-9-24/h4-7,10-11,22H,2-3,8-9,12H2,1H3,(H,23,26). The second-order valence-electron chi connectivity index (χ2n) is 6.85. The van der Waals surface area contributed by atoms with Gasteiger partial charge >= 0.3 is 0 Å². The number of anilines is 2. The quantitative estimate of drug-likeness (QED) is 0.549. The lowest BCUT2D eigenvalue weighted by Crippen LogP contribution is -2.29. The van der Waals surface area contributed by atoms with Gasteiger partial charge in [0.2, 0.25) is 5.91 Å². The lowest BCUT2D eigenvalue weighted by Gasteiger charge is -2.18. The minimum absolute atomic E-state index is 0.100. The molecule has 0 atom stereocenters. The third-order valence-electron chi connectivity index (χ3n) is 4.75. The van der Waals surface area contributed by atoms with Crippen LogP contribution in [-0.2, 0) is 4.79 Å². The van der Waals surface area contributed by atoms with Gasteiger partial charge in [-0.05, 0) is 43.5 Å². The number of carbonyl (C=O) groups is 2. The Labute approximate surface area is 173 Å². The van der Waals surface area contributed by atoms with E-state index in [1.54, 1.807) is 36.1 Å². The molecule has 1 aliphatic rings. The van der Waals surface area contributed by atoms with Crippen LogP contribution in [0.1, 0.15) is 28.8 Å². The third kappa shape index (κ3) is 5.03. The van der Waals surface area contributed by atoms with Crippen LogP contribution >= 0.6 is 11.6 Å². The van der Waals surface area contributed by atoms with Crippen LogP contribution in [0.5, 0.6) is 0 Å². The Morgan fingerprint density at radius 1 is 1.14 bits per heavy atom. The van der Waals surface area contributed by atoms with E-state index in [1.165, 1.54) is 12.1 Å². The topological polar surface area (TPSA) is 105 Å². The Hall–Kier alpha value is -3.13. The van der Waals surface area contributed by atoms with Gasteiger partial charge in [-0.3, -0.25) is 19.7 Å². The number of hydrogen-bond donors (Lipinski definition) is 2. The molecule has 2 amide bonds. The summed E-state index contributed by atoms with van der Waals surface area (Å²) in [6.07, 6.45) is 1.96. The van der Waals surface area contributed by atoms with E-state index in [9.17, 15) is 19.7 Å². The monoisotopic (exact) mass is 416 g/mol. The highest BCUT2D eigenvalue weighted by Gasteiger charge is 2.22. The minimum Gasteiger partial charge on any atom is -0.375 e. The fourth-order valence-corrected chi connectivity index (χ4v) is 3.34. The Balaban J connectivity index is 1.70. The van der Waals surface area contributed by atoms with Gasteiger partial charge in [-0.15, -0.1) is 0 Å². The molecule has 1 heterocycles. The summed E-state index contributed by atoms with van der Waals surface area (Å²) in [4.78, 5) is 37.3. The highest BCUT2D eigenvalue weighted by Crippen LogP contribution is 2.25. The van der Waals surface area contributed by atoms with Crippen molar-refractivity contribution < 1.29 is 14.5 Å². The highest BCUT2D eigenvalue weighted by molar-refractivity contribution is 6.31. The van der Waals surface area contributed by atoms with Crippen LogP contribution in [0.25, 0.3) is 0 Å². The van der Waals surface area contributed by atoms with Crippen LogP contribution in [0.15, 0.2) is 36.4 Å². The highest BCUT2D eigenvalue weighted by atomic mass is 35.5. The molecular formula is C20H21ClN4O4. The van der Waals surface area contributed by atoms with Gasteiger partial charge in [0.15, 0.2) is 0 Å². The van der Waals surface area contributed by atoms with Gasteiger partial charge in [0.25, 0.3) is 11.6 Å². The van der Waals surface area contributed by atoms with E-state index in [-0.39, 0.29) is 18.1 Å². The van der Waals surface area contributed by atoms with Gasteiger partial charge in [0, 0.05) is 35.9 Å². The van der Waals surface area contributed by atoms with Gasteiger partial charge in [-0.1, -0.05) is 17.7 Å². The lowest BCUT2D eigenvalue weighted by atomic mass is 10.1. The molecule has 0 spiro atoms. The normalized spacial score (nSPS) is 13.2. The predicted molar refractivity (Wildman–Crippen MR) is 112 cm³/mol. The maximum atomic E-state index is 12.7. The van der Waals surface area contributed by atoms with Crippen molar-refractivity contribution in [1.82, 2.24) is 4.90 Å². The molecule has 0 radical (unpaired) electrons. The molecule has 3 rings (SSSR count). The second kappa shape index (κ2) is 8.91. The van der Waals surface area contributed by atoms with E-state index in [1.807, 2.05) is 0 Å². The number of benzene rings is 2. The molecule has 0 unspecified atom stereocenters. The number of halogens is 1. The molecule has 0 aliphatic carbocycles. The van der Waals surface area contributed by atoms with Crippen molar-refractivity contribution in [2.45, 2.75) is 19.8 Å². The van der Waals surface area contributed by atoms with Crippen molar-refractivity contribution in [2.75, 3.05) is 30.3 Å². The smallest absolute Gasteiger partial charge is 0.271 e. The fraction of sp³-hybridized carbons (Fsp3) is 0.300. The molecule has 9 heteroatoms. The second-order valence-corrected chi connectivity index (χ2v) is 7.28. The van der Waals surface area contributed by atoms with Crippen LogP contribution in [0, 0.1) is 17.0 Å². The van der Waals surface area contributed by atoms with E-state index in [2.05, 4.69) is 10.6 Å². The Morgan fingerprint density at radius 3 is 2.55 bits per heavy atom. The van der Waals surface area contributed by atoms with Gasteiger partial charge < -0.3 is 15.5 Å². The first-order valence-corrected chi connectivity index (χ1v) is 9.60. The number of likely N-dealkylation sites (tertiary alicyclic amines) is 1. The molecule has 29 heavy (non-hydrogen) atoms. The number of rotatable bonds is 6. The number of carbonyl (C=O) groups excluding carboxylic acids is 2. The zero-order valence-corrected chi connectivity index (χ0v) is 16.7. The van der Waals surface area contributed by atoms with Crippen LogP contribution in [0.2, 0.25) is 5.02 Å². The fourth-order valence-electron chi connectivity index (χ4n) is 3.17. The van der Waals surface area contributed by atoms with Gasteiger partial charge in [0.1, 0.15) is 0 Å². The van der Waals surface area contributed by atoms with E-state index < -0.39 is 10.8 Å². The molecule has 0 bridgehead atoms. The van der Waals surface area contributed by atoms with Crippen LogP contribution in [-0.4, -0.2) is 41.3 Å². The van der Waals surface area contributed by atoms with Crippen molar-refractivity contribution >= 4 is 40.5 Å². The van der Waals surface area contributed by atoms with Crippen LogP contribution in [0.4, 0.5) is 17.1 Å². The molecule has 1 saturated heterocycles. The zero-order chi connectivity index (χ0) is 21.0. The first kappa shape index (κ1) is 20.6. The summed E-state index contributed by atoms with van der Waals surface area (Å²) in [7, 11) is 0. The number of nitro benzene ring substituents is 1. The maximum absolute atomic E-state index is 12.7. The summed E-state index contributed by atoms with van der Waals surface area (Å²) in [5.41, 5.74) is 1.89. The number of nitro groups is 1. The van der Waals surface area contributed by atoms with Gasteiger partial charge in [0.05, 0.1) is 22.7 Å². The third-order valence-corrected chi connectivity index (χ3v) is 4.99. The van der Waals surface area contributed by atoms with Crippen molar-refractivity contribution in [3.8, 4) is 0 Å². The molecule has 1 aliphatic heterocycles. The van der Waals surface area contributed by atoms with Crippen molar-refractivity contribution in [3.05, 3.63) is 62.7 Å². The predicted octanol–water partition coefficient (Wildman–Crippen LogP) is 3.84. The molecule has 1 fully saturated rings. The van der Waals surface area contributed by atoms with Crippen molar-refractivity contribution in [3.63, 3.8) is 0 Å². The number of aryl methyl sites for hydroxylation is 1. The number of amides is 2. The Morgan fingerprint density at radius 2 is 1.86 bits per heavy atom. The molecule has 0 saturated carbocycles. The summed E-state index contributed by atoms with van der Waals surface area (Å²) in [5, 5.41) is 17.0. The Bertz CT molecular complexity index is 957. The lowest BCUT2D eigenvalue weighted by molar-refractivity contribution is -0.384. The summed E-state index contributed by atoms with van der Waals surface area (Å²) in [5.74, 6) is -0.496. The maximum Gasteiger partial charge on any atom is 0.271 e. The molecule has 0 aromatic heterocycles. The summed E-state index contributed by atoms with van der Waals surface area (Å²) >= 11 is 6.06. The van der Waals surface area contributed by atoms with E-state index in [4.69, 9.17) is 11.6 Å². The molecule has 8 nitrogen and oxygen atoms in total. The van der Waals surface area contributed by atoms with E-state index >= 15 is 0 Å². The summed E-state index contributed by atoms with van der Waals surface area (Å²) < 4.78 is 0. The van der Waals surface area contributed by atoms with E-state index in [0.29, 0.717) is 40.6 Å². The molecule has 152 valence electrons. The number of non-ortho nitro benzene ring substituents is 1. The minimum atomic E-state index is -0.518. The summed E-state index contributed by atoms with van der Waals surface area (Å²) in [6, 6.07) is 9.17. The average Bonchev–Trinajstić information content (AvgIpc) is 3.22. The van der Waals surface area contributed by atoms with Crippen molar-refractivity contribution in [2.24, 2.45) is 0 Å². The van der Waals surface area contributed by atoms with Crippen LogP contribution < -0.4 is 10.6 Å². The average molecular weight is 417 g/mol.